The molecule has 2 aliphatic heterocycles. The lowest BCUT2D eigenvalue weighted by atomic mass is 9.82. The number of nitrogens with zero attached hydrogens (tertiary/aromatic N) is 2. The first-order valence-corrected chi connectivity index (χ1v) is 8.53. The summed E-state index contributed by atoms with van der Waals surface area (Å²) in [6.07, 6.45) is 2.03. The largest absolute Gasteiger partial charge is 0.379 e. The van der Waals surface area contributed by atoms with E-state index in [1.54, 1.807) is 0 Å². The average Bonchev–Trinajstić information content (AvgIpc) is 2.52. The summed E-state index contributed by atoms with van der Waals surface area (Å²) < 4.78 is 0. The minimum absolute atomic E-state index is 0.0741. The highest BCUT2D eigenvalue weighted by molar-refractivity contribution is 5.80. The Morgan fingerprint density at radius 1 is 1.25 bits per heavy atom. The number of piperidine rings is 1. The molecule has 2 amide bonds. The lowest BCUT2D eigenvalue weighted by molar-refractivity contribution is -0.133. The van der Waals surface area contributed by atoms with Gasteiger partial charge in [-0.25, -0.2) is 0 Å². The zero-order valence-corrected chi connectivity index (χ0v) is 14.5. The Labute approximate surface area is 143 Å². The number of carbonyl (C=O) groups excluding carboxylic acids is 2. The summed E-state index contributed by atoms with van der Waals surface area (Å²) in [5.41, 5.74) is 1.93. The molecule has 0 bridgehead atoms. The Bertz CT molecular complexity index is 621. The maximum atomic E-state index is 12.2. The number of carbonyl (C=O) groups is 2. The number of anilines is 1. The van der Waals surface area contributed by atoms with Gasteiger partial charge < -0.3 is 20.4 Å². The summed E-state index contributed by atoms with van der Waals surface area (Å²) in [4.78, 5) is 28.3. The number of fused-ring (bicyclic) bond motifs is 1. The highest BCUT2D eigenvalue weighted by Crippen LogP contribution is 2.33. The van der Waals surface area contributed by atoms with Crippen molar-refractivity contribution < 1.29 is 9.59 Å². The Kier molecular flexibility index (Phi) is 4.76. The van der Waals surface area contributed by atoms with Gasteiger partial charge in [0.1, 0.15) is 0 Å². The van der Waals surface area contributed by atoms with Crippen LogP contribution in [0.1, 0.15) is 24.8 Å². The molecule has 0 aromatic heterocycles. The van der Waals surface area contributed by atoms with Gasteiger partial charge in [0.25, 0.3) is 0 Å². The molecule has 0 atom stereocenters. The van der Waals surface area contributed by atoms with Crippen LogP contribution in [0, 0.1) is 0 Å². The zero-order valence-electron chi connectivity index (χ0n) is 14.5. The Hall–Kier alpha value is -2.08. The molecule has 1 spiro atoms. The van der Waals surface area contributed by atoms with E-state index in [1.807, 2.05) is 42.1 Å². The fourth-order valence-corrected chi connectivity index (χ4v) is 3.55. The predicted molar refractivity (Wildman–Crippen MR) is 93.6 cm³/mol. The minimum atomic E-state index is -0.268. The summed E-state index contributed by atoms with van der Waals surface area (Å²) in [6.45, 7) is 2.37. The third kappa shape index (κ3) is 3.70. The number of likely N-dealkylation sites (N-methyl/N-ethyl adjacent to an activating group) is 1. The number of benzene rings is 1. The van der Waals surface area contributed by atoms with Gasteiger partial charge in [0.2, 0.25) is 11.8 Å². The second-order valence-corrected chi connectivity index (χ2v) is 7.13. The maximum Gasteiger partial charge on any atom is 0.236 e. The predicted octanol–water partition coefficient (Wildman–Crippen LogP) is 1.04. The van der Waals surface area contributed by atoms with Crippen molar-refractivity contribution in [2.45, 2.75) is 31.3 Å². The SMILES string of the molecule is CN(C)CC(=O)N1CCC2(CC1)CC(=O)NCc1ccccc1N2. The summed E-state index contributed by atoms with van der Waals surface area (Å²) in [5, 5.41) is 6.64. The van der Waals surface area contributed by atoms with E-state index in [4.69, 9.17) is 0 Å². The molecule has 1 saturated heterocycles. The van der Waals surface area contributed by atoms with Crippen molar-refractivity contribution in [3.8, 4) is 0 Å². The third-order valence-electron chi connectivity index (χ3n) is 4.92. The van der Waals surface area contributed by atoms with Crippen LogP contribution in [0.25, 0.3) is 0 Å². The van der Waals surface area contributed by atoms with Crippen molar-refractivity contribution in [1.82, 2.24) is 15.1 Å². The van der Waals surface area contributed by atoms with Crippen molar-refractivity contribution in [3.63, 3.8) is 0 Å². The van der Waals surface area contributed by atoms with Crippen molar-refractivity contribution in [2.75, 3.05) is 39.0 Å². The molecule has 1 aromatic carbocycles. The second-order valence-electron chi connectivity index (χ2n) is 7.13. The normalized spacial score (nSPS) is 20.0. The van der Waals surface area contributed by atoms with E-state index in [0.29, 0.717) is 32.6 Å². The molecule has 2 aliphatic rings. The van der Waals surface area contributed by atoms with Gasteiger partial charge in [-0.15, -0.1) is 0 Å². The molecule has 0 aliphatic carbocycles. The van der Waals surface area contributed by atoms with Crippen LogP contribution >= 0.6 is 0 Å². The smallest absolute Gasteiger partial charge is 0.236 e. The number of nitrogens with one attached hydrogen (secondary N) is 2. The van der Waals surface area contributed by atoms with E-state index in [9.17, 15) is 9.59 Å². The van der Waals surface area contributed by atoms with Crippen LogP contribution in [0.15, 0.2) is 24.3 Å². The first-order chi connectivity index (χ1) is 11.5. The molecule has 2 N–H and O–H groups in total. The molecule has 0 radical (unpaired) electrons. The number of amides is 2. The van der Waals surface area contributed by atoms with Crippen LogP contribution in [0.3, 0.4) is 0 Å². The highest BCUT2D eigenvalue weighted by Gasteiger charge is 2.38. The number of hydrogen-bond acceptors (Lipinski definition) is 4. The quantitative estimate of drug-likeness (QED) is 0.850. The van der Waals surface area contributed by atoms with E-state index < -0.39 is 0 Å². The minimum Gasteiger partial charge on any atom is -0.379 e. The Morgan fingerprint density at radius 2 is 1.96 bits per heavy atom. The van der Waals surface area contributed by atoms with E-state index in [-0.39, 0.29) is 17.4 Å². The van der Waals surface area contributed by atoms with Crippen LogP contribution in [0.4, 0.5) is 5.69 Å². The second kappa shape index (κ2) is 6.81. The van der Waals surface area contributed by atoms with Gasteiger partial charge in [-0.05, 0) is 38.6 Å². The van der Waals surface area contributed by atoms with Gasteiger partial charge >= 0.3 is 0 Å². The first-order valence-electron chi connectivity index (χ1n) is 8.53. The molecule has 130 valence electrons. The van der Waals surface area contributed by atoms with Gasteiger partial charge in [0.05, 0.1) is 6.54 Å². The monoisotopic (exact) mass is 330 g/mol. The number of hydrogen-bond donors (Lipinski definition) is 2. The standard InChI is InChI=1S/C18H26N4O2/c1-21(2)13-17(24)22-9-7-18(8-10-22)11-16(23)19-12-14-5-3-4-6-15(14)20-18/h3-6,20H,7-13H2,1-2H3,(H,19,23). The molecule has 24 heavy (non-hydrogen) atoms. The topological polar surface area (TPSA) is 64.7 Å². The van der Waals surface area contributed by atoms with Gasteiger partial charge in [0, 0.05) is 37.3 Å². The lowest BCUT2D eigenvalue weighted by Gasteiger charge is -2.44. The van der Waals surface area contributed by atoms with E-state index in [0.717, 1.165) is 24.1 Å². The van der Waals surface area contributed by atoms with Crippen LogP contribution in [-0.2, 0) is 16.1 Å². The molecule has 1 aromatic rings. The molecule has 0 unspecified atom stereocenters. The third-order valence-corrected chi connectivity index (χ3v) is 4.92. The summed E-state index contributed by atoms with van der Waals surface area (Å²) in [5.74, 6) is 0.232. The van der Waals surface area contributed by atoms with Crippen molar-refractivity contribution in [2.24, 2.45) is 0 Å². The first kappa shape index (κ1) is 16.8. The van der Waals surface area contributed by atoms with Gasteiger partial charge in [-0.1, -0.05) is 18.2 Å². The highest BCUT2D eigenvalue weighted by atomic mass is 16.2. The zero-order chi connectivity index (χ0) is 17.2. The summed E-state index contributed by atoms with van der Waals surface area (Å²) in [7, 11) is 3.81. The fraction of sp³-hybridized carbons (Fsp3) is 0.556. The molecular formula is C18H26N4O2. The number of likely N-dealkylation sites (tertiary alicyclic amines) is 1. The molecule has 6 nitrogen and oxygen atoms in total. The van der Waals surface area contributed by atoms with Gasteiger partial charge in [-0.2, -0.15) is 0 Å². The maximum absolute atomic E-state index is 12.2. The van der Waals surface area contributed by atoms with E-state index in [2.05, 4.69) is 16.7 Å². The Balaban J connectivity index is 1.74. The fourth-order valence-electron chi connectivity index (χ4n) is 3.55. The summed E-state index contributed by atoms with van der Waals surface area (Å²) in [6, 6.07) is 8.11. The van der Waals surface area contributed by atoms with Gasteiger partial charge in [-0.3, -0.25) is 9.59 Å². The van der Waals surface area contributed by atoms with Crippen LogP contribution in [-0.4, -0.2) is 60.9 Å². The van der Waals surface area contributed by atoms with Crippen molar-refractivity contribution in [3.05, 3.63) is 29.8 Å². The lowest BCUT2D eigenvalue weighted by Crippen LogP contribution is -2.54. The molecule has 3 rings (SSSR count). The number of rotatable bonds is 2. The van der Waals surface area contributed by atoms with Crippen LogP contribution in [0.2, 0.25) is 0 Å². The summed E-state index contributed by atoms with van der Waals surface area (Å²) >= 11 is 0. The molecule has 1 fully saturated rings. The van der Waals surface area contributed by atoms with Crippen LogP contribution < -0.4 is 10.6 Å². The average molecular weight is 330 g/mol. The van der Waals surface area contributed by atoms with Crippen LogP contribution in [0.5, 0.6) is 0 Å². The molecular weight excluding hydrogens is 304 g/mol. The molecule has 0 saturated carbocycles. The van der Waals surface area contributed by atoms with Crippen molar-refractivity contribution >= 4 is 17.5 Å². The van der Waals surface area contributed by atoms with Crippen molar-refractivity contribution in [1.29, 1.82) is 0 Å². The molecule has 6 heteroatoms. The van der Waals surface area contributed by atoms with E-state index >= 15 is 0 Å². The van der Waals surface area contributed by atoms with Gasteiger partial charge in [0.15, 0.2) is 0 Å². The van der Waals surface area contributed by atoms with E-state index in [1.165, 1.54) is 0 Å². The molecule has 2 heterocycles. The Morgan fingerprint density at radius 3 is 2.67 bits per heavy atom. The number of para-hydroxylation sites is 1.